The molecule has 0 saturated heterocycles. The summed E-state index contributed by atoms with van der Waals surface area (Å²) in [6, 6.07) is 27.1. The number of halogens is 1. The summed E-state index contributed by atoms with van der Waals surface area (Å²) in [6.07, 6.45) is 3.38. The Morgan fingerprint density at radius 3 is 2.28 bits per heavy atom. The molecule has 0 fully saturated rings. The van der Waals surface area contributed by atoms with E-state index >= 15 is 0 Å². The molecule has 36 heavy (non-hydrogen) atoms. The fraction of sp³-hybridized carbons (Fsp3) is 0. The van der Waals surface area contributed by atoms with E-state index in [2.05, 4.69) is 27.6 Å². The minimum Gasteiger partial charge on any atom is -0.359 e. The van der Waals surface area contributed by atoms with Crippen LogP contribution in [0.4, 0.5) is 11.4 Å². The molecule has 2 heterocycles. The van der Waals surface area contributed by atoms with Gasteiger partial charge in [0.25, 0.3) is 5.69 Å². The lowest BCUT2D eigenvalue weighted by Crippen LogP contribution is -2.07. The number of fused-ring (bicyclic) bond motifs is 3. The number of nitrogens with one attached hydrogen (secondary N) is 2. The van der Waals surface area contributed by atoms with Gasteiger partial charge in [-0.05, 0) is 17.2 Å². The smallest absolute Gasteiger partial charge is 0.295 e. The summed E-state index contributed by atoms with van der Waals surface area (Å²) in [5.74, 6) is 0. The Kier molecular flexibility index (Phi) is 5.32. The van der Waals surface area contributed by atoms with Gasteiger partial charge in [0.1, 0.15) is 5.52 Å². The van der Waals surface area contributed by atoms with E-state index in [4.69, 9.17) is 16.6 Å². The first kappa shape index (κ1) is 21.8. The Morgan fingerprint density at radius 1 is 0.833 bits per heavy atom. The van der Waals surface area contributed by atoms with E-state index in [0.717, 1.165) is 16.7 Å². The molecular formula is C28H18ClN5O2. The average Bonchev–Trinajstić information content (AvgIpc) is 3.32. The van der Waals surface area contributed by atoms with Crippen molar-refractivity contribution in [3.05, 3.63) is 129 Å². The van der Waals surface area contributed by atoms with Crippen molar-refractivity contribution in [2.24, 2.45) is 4.99 Å². The zero-order chi connectivity index (χ0) is 24.6. The highest BCUT2D eigenvalue weighted by Crippen LogP contribution is 2.38. The Hall–Kier alpha value is -4.75. The summed E-state index contributed by atoms with van der Waals surface area (Å²) < 4.78 is 0. The first-order valence-electron chi connectivity index (χ1n) is 11.2. The summed E-state index contributed by atoms with van der Waals surface area (Å²) in [6.45, 7) is 0. The number of H-pyrrole nitrogens is 1. The molecule has 1 aliphatic rings. The first-order chi connectivity index (χ1) is 17.6. The molecule has 6 rings (SSSR count). The Morgan fingerprint density at radius 2 is 1.53 bits per heavy atom. The van der Waals surface area contributed by atoms with Crippen molar-refractivity contribution in [1.82, 2.24) is 10.2 Å². The number of anilines is 1. The maximum absolute atomic E-state index is 11.9. The lowest BCUT2D eigenvalue weighted by atomic mass is 9.97. The van der Waals surface area contributed by atoms with E-state index in [9.17, 15) is 10.1 Å². The number of aliphatic imine (C=N–C) groups is 1. The molecule has 0 bridgehead atoms. The molecule has 8 heteroatoms. The van der Waals surface area contributed by atoms with E-state index in [-0.39, 0.29) is 5.69 Å². The zero-order valence-electron chi connectivity index (χ0n) is 18.8. The minimum absolute atomic E-state index is 0.0848. The standard InChI is InChI=1S/C28H18ClN5O2/c29-23-9-5-4-8-20(23)27-21-14-25(34(35)36)28-22(15-31-33-28)26(21)30-16-24(32-27)19-12-10-18(11-13-19)17-6-2-1-3-7-17/h1-16,30H,(H,31,33). The number of aromatic amines is 1. The second-order valence-electron chi connectivity index (χ2n) is 8.29. The van der Waals surface area contributed by atoms with Gasteiger partial charge >= 0.3 is 0 Å². The number of hydrogen-bond donors (Lipinski definition) is 2. The molecule has 0 spiro atoms. The third kappa shape index (κ3) is 3.72. The highest BCUT2D eigenvalue weighted by molar-refractivity contribution is 6.36. The summed E-state index contributed by atoms with van der Waals surface area (Å²) >= 11 is 6.59. The molecular weight excluding hydrogens is 474 g/mol. The molecule has 1 aliphatic heterocycles. The molecule has 0 unspecified atom stereocenters. The Bertz CT molecular complexity index is 1690. The second kappa shape index (κ2) is 8.79. The van der Waals surface area contributed by atoms with E-state index in [1.165, 1.54) is 6.07 Å². The average molecular weight is 492 g/mol. The van der Waals surface area contributed by atoms with Gasteiger partial charge in [-0.15, -0.1) is 0 Å². The van der Waals surface area contributed by atoms with Gasteiger partial charge in [-0.1, -0.05) is 84.4 Å². The van der Waals surface area contributed by atoms with Crippen LogP contribution < -0.4 is 5.32 Å². The van der Waals surface area contributed by atoms with Crippen LogP contribution in [-0.4, -0.2) is 20.8 Å². The van der Waals surface area contributed by atoms with E-state index in [0.29, 0.717) is 44.1 Å². The lowest BCUT2D eigenvalue weighted by Gasteiger charge is -2.13. The molecule has 174 valence electrons. The normalized spacial score (nSPS) is 12.8. The molecule has 4 aromatic carbocycles. The van der Waals surface area contributed by atoms with Crippen molar-refractivity contribution < 1.29 is 4.92 Å². The quantitative estimate of drug-likeness (QED) is 0.208. The van der Waals surface area contributed by atoms with Gasteiger partial charge in [0.05, 0.1) is 33.6 Å². The Balaban J connectivity index is 1.54. The van der Waals surface area contributed by atoms with Crippen molar-refractivity contribution in [3.8, 4) is 11.1 Å². The van der Waals surface area contributed by atoms with Crippen LogP contribution >= 0.6 is 11.6 Å². The molecule has 7 nitrogen and oxygen atoms in total. The first-order valence-corrected chi connectivity index (χ1v) is 11.6. The fourth-order valence-corrected chi connectivity index (χ4v) is 4.63. The lowest BCUT2D eigenvalue weighted by molar-refractivity contribution is -0.383. The van der Waals surface area contributed by atoms with Gasteiger partial charge in [-0.25, -0.2) is 4.99 Å². The predicted octanol–water partition coefficient (Wildman–Crippen LogP) is 7.05. The monoisotopic (exact) mass is 491 g/mol. The number of aromatic nitrogens is 2. The molecule has 1 aromatic heterocycles. The van der Waals surface area contributed by atoms with Crippen LogP contribution in [-0.2, 0) is 0 Å². The van der Waals surface area contributed by atoms with Gasteiger partial charge in [0.2, 0.25) is 0 Å². The summed E-state index contributed by atoms with van der Waals surface area (Å²) in [5.41, 5.74) is 6.47. The third-order valence-corrected chi connectivity index (χ3v) is 6.50. The van der Waals surface area contributed by atoms with Crippen molar-refractivity contribution in [1.29, 1.82) is 0 Å². The molecule has 0 saturated carbocycles. The molecule has 0 amide bonds. The van der Waals surface area contributed by atoms with Crippen LogP contribution in [0.2, 0.25) is 5.02 Å². The third-order valence-electron chi connectivity index (χ3n) is 6.17. The number of non-ortho nitro benzene ring substituents is 1. The van der Waals surface area contributed by atoms with Crippen LogP contribution in [0.3, 0.4) is 0 Å². The minimum atomic E-state index is -0.424. The van der Waals surface area contributed by atoms with Crippen molar-refractivity contribution in [2.45, 2.75) is 0 Å². The maximum atomic E-state index is 11.9. The molecule has 0 aliphatic carbocycles. The van der Waals surface area contributed by atoms with Crippen molar-refractivity contribution >= 4 is 45.3 Å². The largest absolute Gasteiger partial charge is 0.359 e. The van der Waals surface area contributed by atoms with Gasteiger partial charge in [0.15, 0.2) is 0 Å². The topological polar surface area (TPSA) is 96.2 Å². The predicted molar refractivity (Wildman–Crippen MR) is 143 cm³/mol. The molecule has 5 aromatic rings. The number of rotatable bonds is 4. The Labute approximate surface area is 210 Å². The molecule has 0 radical (unpaired) electrons. The van der Waals surface area contributed by atoms with Crippen LogP contribution in [0, 0.1) is 10.1 Å². The maximum Gasteiger partial charge on any atom is 0.295 e. The number of nitrogens with zero attached hydrogens (tertiary/aromatic N) is 3. The van der Waals surface area contributed by atoms with Crippen molar-refractivity contribution in [2.75, 3.05) is 5.32 Å². The van der Waals surface area contributed by atoms with Crippen LogP contribution in [0.15, 0.2) is 102 Å². The van der Waals surface area contributed by atoms with Gasteiger partial charge < -0.3 is 5.32 Å². The van der Waals surface area contributed by atoms with Gasteiger partial charge in [0, 0.05) is 34.0 Å². The van der Waals surface area contributed by atoms with Crippen LogP contribution in [0.5, 0.6) is 0 Å². The van der Waals surface area contributed by atoms with Gasteiger partial charge in [-0.3, -0.25) is 15.2 Å². The summed E-state index contributed by atoms with van der Waals surface area (Å²) in [4.78, 5) is 16.5. The van der Waals surface area contributed by atoms with Gasteiger partial charge in [-0.2, -0.15) is 5.10 Å². The fourth-order valence-electron chi connectivity index (χ4n) is 4.41. The summed E-state index contributed by atoms with van der Waals surface area (Å²) in [7, 11) is 0. The molecule has 0 atom stereocenters. The van der Waals surface area contributed by atoms with E-state index < -0.39 is 4.92 Å². The van der Waals surface area contributed by atoms with E-state index in [1.54, 1.807) is 18.5 Å². The number of benzene rings is 4. The number of nitro groups is 1. The van der Waals surface area contributed by atoms with Crippen molar-refractivity contribution in [3.63, 3.8) is 0 Å². The SMILES string of the molecule is O=[N+]([O-])c1cc2c(c3cn[nH]c13)NC=C(c1ccc(-c3ccccc3)cc1)N=C2c1ccccc1Cl. The van der Waals surface area contributed by atoms with Crippen LogP contribution in [0.25, 0.3) is 27.7 Å². The summed E-state index contributed by atoms with van der Waals surface area (Å²) in [5, 5.41) is 23.1. The molecule has 2 N–H and O–H groups in total. The number of nitro benzene ring substituents is 1. The van der Waals surface area contributed by atoms with Crippen LogP contribution in [0.1, 0.15) is 16.7 Å². The van der Waals surface area contributed by atoms with E-state index in [1.807, 2.05) is 60.7 Å². The number of hydrogen-bond acceptors (Lipinski definition) is 5. The highest BCUT2D eigenvalue weighted by Gasteiger charge is 2.26. The highest BCUT2D eigenvalue weighted by atomic mass is 35.5. The zero-order valence-corrected chi connectivity index (χ0v) is 19.5. The second-order valence-corrected chi connectivity index (χ2v) is 8.70.